The summed E-state index contributed by atoms with van der Waals surface area (Å²) >= 11 is 0. The topological polar surface area (TPSA) is 91.2 Å². The lowest BCUT2D eigenvalue weighted by atomic mass is 9.74. The smallest absolute Gasteiger partial charge is 0.416 e. The van der Waals surface area contributed by atoms with Gasteiger partial charge < -0.3 is 10.0 Å². The lowest BCUT2D eigenvalue weighted by Gasteiger charge is -2.40. The van der Waals surface area contributed by atoms with Gasteiger partial charge in [-0.15, -0.1) is 0 Å². The number of nitrogens with zero attached hydrogens (tertiary/aromatic N) is 3. The fraction of sp³-hybridized carbons (Fsp3) is 0.280. The van der Waals surface area contributed by atoms with Crippen LogP contribution in [0.4, 0.5) is 18.9 Å². The number of aliphatic hydroxyl groups excluding tert-OH is 1. The molecular formula is C25H24F3N4O2+. The van der Waals surface area contributed by atoms with Crippen molar-refractivity contribution < 1.29 is 27.6 Å². The van der Waals surface area contributed by atoms with E-state index < -0.39 is 23.6 Å². The standard InChI is InChI=1S/C25H23F3N4O2/c1-14-20(15(2)33)21(17-10-8-16(13-29)9-11-17)22(24(34)31(3)4)23(30)32(14)19-7-5-6-18(12-19)25(26,27)28/h5-12,21-22,30H,1-4H3/p+1. The summed E-state index contributed by atoms with van der Waals surface area (Å²) < 4.78 is 41.5. The predicted octanol–water partition coefficient (Wildman–Crippen LogP) is 4.87. The van der Waals surface area contributed by atoms with E-state index in [2.05, 4.69) is 0 Å². The van der Waals surface area contributed by atoms with Crippen LogP contribution in [0.15, 0.2) is 59.8 Å². The molecule has 9 heteroatoms. The number of Topliss-reactive ketones (excluding diaryl/α,β-unsaturated/α-hetero) is 1. The SMILES string of the molecule is CC(=O)C1=C(C)N(c2cccc(C(F)(F)F)c2)C(=N)C(C(O)=[N+](C)C)C1c1ccc(C#N)cc1. The highest BCUT2D eigenvalue weighted by molar-refractivity contribution is 6.15. The van der Waals surface area contributed by atoms with E-state index >= 15 is 0 Å². The average Bonchev–Trinajstić information content (AvgIpc) is 2.77. The maximum absolute atomic E-state index is 13.4. The van der Waals surface area contributed by atoms with Gasteiger partial charge in [0.25, 0.3) is 0 Å². The molecule has 0 saturated carbocycles. The lowest BCUT2D eigenvalue weighted by molar-refractivity contribution is -0.475. The van der Waals surface area contributed by atoms with Gasteiger partial charge in [-0.2, -0.15) is 18.4 Å². The van der Waals surface area contributed by atoms with E-state index in [9.17, 15) is 23.1 Å². The molecule has 2 atom stereocenters. The zero-order valence-corrected chi connectivity index (χ0v) is 19.1. The molecule has 1 aliphatic heterocycles. The summed E-state index contributed by atoms with van der Waals surface area (Å²) in [6.45, 7) is 2.92. The molecule has 176 valence electrons. The van der Waals surface area contributed by atoms with E-state index in [0.29, 0.717) is 16.8 Å². The maximum atomic E-state index is 13.4. The molecule has 2 aromatic rings. The molecule has 3 rings (SSSR count). The molecule has 34 heavy (non-hydrogen) atoms. The third kappa shape index (κ3) is 4.44. The van der Waals surface area contributed by atoms with Crippen LogP contribution in [0.3, 0.4) is 0 Å². The average molecular weight is 469 g/mol. The Balaban J connectivity index is 2.32. The minimum atomic E-state index is -4.59. The van der Waals surface area contributed by atoms with E-state index in [1.54, 1.807) is 45.3 Å². The first-order valence-electron chi connectivity index (χ1n) is 10.4. The first-order valence-corrected chi connectivity index (χ1v) is 10.4. The van der Waals surface area contributed by atoms with Crippen LogP contribution >= 0.6 is 0 Å². The Hall–Kier alpha value is -3.93. The molecular weight excluding hydrogens is 445 g/mol. The minimum Gasteiger partial charge on any atom is -0.463 e. The second kappa shape index (κ2) is 9.14. The number of halogens is 3. The van der Waals surface area contributed by atoms with Crippen molar-refractivity contribution in [1.82, 2.24) is 0 Å². The van der Waals surface area contributed by atoms with Crippen LogP contribution < -0.4 is 4.90 Å². The van der Waals surface area contributed by atoms with Crippen LogP contribution in [-0.4, -0.2) is 41.3 Å². The van der Waals surface area contributed by atoms with Crippen molar-refractivity contribution in [1.29, 1.82) is 10.7 Å². The molecule has 6 nitrogen and oxygen atoms in total. The second-order valence-corrected chi connectivity index (χ2v) is 8.27. The van der Waals surface area contributed by atoms with Crippen molar-refractivity contribution in [3.8, 4) is 6.07 Å². The largest absolute Gasteiger partial charge is 0.463 e. The number of aliphatic hydroxyl groups is 1. The number of hydrogen-bond donors (Lipinski definition) is 2. The van der Waals surface area contributed by atoms with Crippen molar-refractivity contribution in [2.75, 3.05) is 19.0 Å². The summed E-state index contributed by atoms with van der Waals surface area (Å²) in [5, 5.41) is 29.1. The highest BCUT2D eigenvalue weighted by atomic mass is 19.4. The van der Waals surface area contributed by atoms with E-state index in [1.165, 1.54) is 28.5 Å². The zero-order valence-electron chi connectivity index (χ0n) is 19.1. The number of allylic oxidation sites excluding steroid dienone is 2. The monoisotopic (exact) mass is 469 g/mol. The van der Waals surface area contributed by atoms with Crippen LogP contribution in [-0.2, 0) is 11.0 Å². The number of ketones is 1. The molecule has 0 spiro atoms. The lowest BCUT2D eigenvalue weighted by Crippen LogP contribution is -2.48. The molecule has 0 saturated heterocycles. The molecule has 0 fully saturated rings. The van der Waals surface area contributed by atoms with E-state index in [-0.39, 0.29) is 28.8 Å². The molecule has 0 radical (unpaired) electrons. The number of rotatable bonds is 4. The van der Waals surface area contributed by atoms with Gasteiger partial charge in [0.15, 0.2) is 5.78 Å². The van der Waals surface area contributed by atoms with Crippen molar-refractivity contribution in [2.45, 2.75) is 25.9 Å². The molecule has 0 aliphatic carbocycles. The zero-order chi connectivity index (χ0) is 25.4. The Bertz CT molecular complexity index is 1250. The van der Waals surface area contributed by atoms with Crippen LogP contribution in [0.2, 0.25) is 0 Å². The number of alkyl halides is 3. The van der Waals surface area contributed by atoms with E-state index in [4.69, 9.17) is 10.7 Å². The Morgan fingerprint density at radius 1 is 1.18 bits per heavy atom. The van der Waals surface area contributed by atoms with Gasteiger partial charge in [-0.3, -0.25) is 10.2 Å². The Kier molecular flexibility index (Phi) is 6.64. The Morgan fingerprint density at radius 2 is 1.79 bits per heavy atom. The number of anilines is 1. The first kappa shape index (κ1) is 24.7. The molecule has 0 aromatic heterocycles. The molecule has 0 bridgehead atoms. The second-order valence-electron chi connectivity index (χ2n) is 8.27. The summed E-state index contributed by atoms with van der Waals surface area (Å²) in [6, 6.07) is 13.0. The minimum absolute atomic E-state index is 0.0610. The summed E-state index contributed by atoms with van der Waals surface area (Å²) in [5.74, 6) is -2.57. The highest BCUT2D eigenvalue weighted by Crippen LogP contribution is 2.43. The summed E-state index contributed by atoms with van der Waals surface area (Å²) in [7, 11) is 3.15. The summed E-state index contributed by atoms with van der Waals surface area (Å²) in [5.41, 5.74) is 0.732. The molecule has 1 aliphatic rings. The number of carbonyl (C=O) groups is 1. The molecule has 2 aromatic carbocycles. The van der Waals surface area contributed by atoms with Crippen molar-refractivity contribution in [3.05, 3.63) is 76.5 Å². The van der Waals surface area contributed by atoms with Gasteiger partial charge in [0.1, 0.15) is 25.8 Å². The quantitative estimate of drug-likeness (QED) is 0.380. The Labute approximate surface area is 195 Å². The van der Waals surface area contributed by atoms with Gasteiger partial charge in [0.2, 0.25) is 0 Å². The number of amidine groups is 1. The number of hydrogen-bond acceptors (Lipinski definition) is 3. The first-order chi connectivity index (χ1) is 15.9. The highest BCUT2D eigenvalue weighted by Gasteiger charge is 2.47. The van der Waals surface area contributed by atoms with Crippen molar-refractivity contribution in [3.63, 3.8) is 0 Å². The van der Waals surface area contributed by atoms with Gasteiger partial charge in [-0.05, 0) is 49.7 Å². The number of nitriles is 1. The van der Waals surface area contributed by atoms with Gasteiger partial charge in [-0.1, -0.05) is 18.2 Å². The summed E-state index contributed by atoms with van der Waals surface area (Å²) in [6.07, 6.45) is -4.59. The van der Waals surface area contributed by atoms with Crippen molar-refractivity contribution in [2.24, 2.45) is 5.92 Å². The van der Waals surface area contributed by atoms with Crippen molar-refractivity contribution >= 4 is 23.2 Å². The van der Waals surface area contributed by atoms with Gasteiger partial charge in [-0.25, -0.2) is 4.58 Å². The van der Waals surface area contributed by atoms with Gasteiger partial charge in [0.05, 0.1) is 17.2 Å². The molecule has 2 unspecified atom stereocenters. The number of nitrogens with one attached hydrogen (secondary N) is 1. The number of benzene rings is 2. The van der Waals surface area contributed by atoms with Crippen LogP contribution in [0.1, 0.15) is 36.5 Å². The number of carbonyl (C=O) groups excluding carboxylic acids is 1. The molecule has 0 amide bonds. The fourth-order valence-electron chi connectivity index (χ4n) is 4.29. The van der Waals surface area contributed by atoms with E-state index in [1.807, 2.05) is 6.07 Å². The third-order valence-corrected chi connectivity index (χ3v) is 5.85. The normalized spacial score (nSPS) is 18.5. The fourth-order valence-corrected chi connectivity index (χ4v) is 4.29. The van der Waals surface area contributed by atoms with Crippen LogP contribution in [0.25, 0.3) is 0 Å². The van der Waals surface area contributed by atoms with Gasteiger partial charge in [0, 0.05) is 22.9 Å². The Morgan fingerprint density at radius 3 is 2.29 bits per heavy atom. The third-order valence-electron chi connectivity index (χ3n) is 5.85. The summed E-state index contributed by atoms with van der Waals surface area (Å²) in [4.78, 5) is 14.1. The van der Waals surface area contributed by atoms with Gasteiger partial charge >= 0.3 is 12.1 Å². The van der Waals surface area contributed by atoms with Crippen LogP contribution in [0, 0.1) is 22.7 Å². The van der Waals surface area contributed by atoms with Crippen LogP contribution in [0.5, 0.6) is 0 Å². The predicted molar refractivity (Wildman–Crippen MR) is 122 cm³/mol. The molecule has 1 heterocycles. The molecule has 2 N–H and O–H groups in total. The van der Waals surface area contributed by atoms with E-state index in [0.717, 1.165) is 12.1 Å². The maximum Gasteiger partial charge on any atom is 0.416 e.